The molecule has 1 N–H and O–H groups in total. The maximum atomic E-state index is 11.8. The second-order valence-corrected chi connectivity index (χ2v) is 5.03. The summed E-state index contributed by atoms with van der Waals surface area (Å²) in [5.74, 6) is 1.60. The Bertz CT molecular complexity index is 492. The van der Waals surface area contributed by atoms with Crippen LogP contribution in [0.4, 0.5) is 0 Å². The van der Waals surface area contributed by atoms with Crippen LogP contribution in [-0.2, 0) is 4.79 Å². The van der Waals surface area contributed by atoms with Gasteiger partial charge in [0.2, 0.25) is 5.91 Å². The number of benzene rings is 1. The fraction of sp³-hybridized carbons (Fsp3) is 0.500. The van der Waals surface area contributed by atoms with Gasteiger partial charge in [-0.3, -0.25) is 4.79 Å². The first-order valence-electron chi connectivity index (χ1n) is 6.76. The van der Waals surface area contributed by atoms with E-state index in [0.29, 0.717) is 24.5 Å². The molecule has 0 spiro atoms. The summed E-state index contributed by atoms with van der Waals surface area (Å²) in [5, 5.41) is 9.66. The van der Waals surface area contributed by atoms with Crippen LogP contribution in [0.3, 0.4) is 0 Å². The molecule has 1 saturated heterocycles. The number of nitrogens with zero attached hydrogens (tertiary/aromatic N) is 1. The molecule has 1 atom stereocenters. The van der Waals surface area contributed by atoms with Gasteiger partial charge in [0.25, 0.3) is 0 Å². The predicted octanol–water partition coefficient (Wildman–Crippen LogP) is 1.52. The number of methoxy groups -OCH3 is 2. The summed E-state index contributed by atoms with van der Waals surface area (Å²) < 4.78 is 10.5. The SMILES string of the molecule is COc1ccc([C@@H]2CCC(=O)N(B(C)O)C2)cc1OC. The first kappa shape index (κ1) is 14.7. The summed E-state index contributed by atoms with van der Waals surface area (Å²) in [4.78, 5) is 13.3. The van der Waals surface area contributed by atoms with Crippen molar-refractivity contribution in [1.29, 1.82) is 0 Å². The maximum Gasteiger partial charge on any atom is 0.411 e. The Balaban J connectivity index is 2.21. The van der Waals surface area contributed by atoms with Crippen LogP contribution in [0.2, 0.25) is 6.82 Å². The van der Waals surface area contributed by atoms with E-state index in [1.165, 1.54) is 4.81 Å². The average Bonchev–Trinajstić information content (AvgIpc) is 2.46. The molecule has 1 amide bonds. The van der Waals surface area contributed by atoms with Gasteiger partial charge in [0.15, 0.2) is 11.5 Å². The molecule has 0 aliphatic carbocycles. The van der Waals surface area contributed by atoms with Crippen LogP contribution in [0.1, 0.15) is 24.3 Å². The molecule has 5 nitrogen and oxygen atoms in total. The first-order valence-corrected chi connectivity index (χ1v) is 6.76. The van der Waals surface area contributed by atoms with E-state index in [2.05, 4.69) is 0 Å². The van der Waals surface area contributed by atoms with Crippen molar-refractivity contribution >= 4 is 13.0 Å². The van der Waals surface area contributed by atoms with Crippen molar-refractivity contribution in [3.05, 3.63) is 23.8 Å². The van der Waals surface area contributed by atoms with Crippen LogP contribution in [0.15, 0.2) is 18.2 Å². The average molecular weight is 277 g/mol. The van der Waals surface area contributed by atoms with Crippen LogP contribution in [0, 0.1) is 0 Å². The van der Waals surface area contributed by atoms with Crippen LogP contribution in [0.5, 0.6) is 11.5 Å². The topological polar surface area (TPSA) is 59.0 Å². The summed E-state index contributed by atoms with van der Waals surface area (Å²) in [6, 6.07) is 5.80. The van der Waals surface area contributed by atoms with Crippen LogP contribution in [0.25, 0.3) is 0 Å². The molecule has 1 fully saturated rings. The lowest BCUT2D eigenvalue weighted by Gasteiger charge is -2.33. The highest BCUT2D eigenvalue weighted by Gasteiger charge is 2.31. The predicted molar refractivity (Wildman–Crippen MR) is 77.1 cm³/mol. The Hall–Kier alpha value is -1.69. The molecule has 1 aromatic rings. The summed E-state index contributed by atoms with van der Waals surface area (Å²) >= 11 is 0. The molecular weight excluding hydrogens is 257 g/mol. The zero-order chi connectivity index (χ0) is 14.7. The van der Waals surface area contributed by atoms with Crippen molar-refractivity contribution in [3.8, 4) is 11.5 Å². The molecule has 0 bridgehead atoms. The minimum Gasteiger partial charge on any atom is -0.493 e. The van der Waals surface area contributed by atoms with E-state index < -0.39 is 7.05 Å². The number of amides is 1. The molecule has 0 unspecified atom stereocenters. The number of piperidine rings is 1. The van der Waals surface area contributed by atoms with Gasteiger partial charge in [0.05, 0.1) is 14.2 Å². The molecule has 108 valence electrons. The minimum atomic E-state index is -0.745. The Morgan fingerprint density at radius 1 is 1.30 bits per heavy atom. The van der Waals surface area contributed by atoms with Crippen molar-refractivity contribution < 1.29 is 19.3 Å². The van der Waals surface area contributed by atoms with E-state index in [9.17, 15) is 9.82 Å². The van der Waals surface area contributed by atoms with Crippen LogP contribution < -0.4 is 9.47 Å². The highest BCUT2D eigenvalue weighted by atomic mass is 16.5. The monoisotopic (exact) mass is 277 g/mol. The fourth-order valence-corrected chi connectivity index (χ4v) is 2.61. The third-order valence-electron chi connectivity index (χ3n) is 3.77. The Kier molecular flexibility index (Phi) is 4.55. The van der Waals surface area contributed by atoms with Crippen molar-refractivity contribution in [3.63, 3.8) is 0 Å². The van der Waals surface area contributed by atoms with Crippen LogP contribution in [-0.4, -0.2) is 43.6 Å². The Morgan fingerprint density at radius 3 is 2.60 bits per heavy atom. The molecule has 1 aliphatic rings. The summed E-state index contributed by atoms with van der Waals surface area (Å²) in [6.45, 7) is 2.15. The number of rotatable bonds is 4. The van der Waals surface area contributed by atoms with E-state index in [-0.39, 0.29) is 11.8 Å². The molecule has 0 saturated carbocycles. The zero-order valence-electron chi connectivity index (χ0n) is 12.1. The van der Waals surface area contributed by atoms with Crippen molar-refractivity contribution in [1.82, 2.24) is 4.81 Å². The smallest absolute Gasteiger partial charge is 0.411 e. The van der Waals surface area contributed by atoms with Crippen molar-refractivity contribution in [2.75, 3.05) is 20.8 Å². The van der Waals surface area contributed by atoms with Gasteiger partial charge in [0, 0.05) is 18.9 Å². The van der Waals surface area contributed by atoms with Crippen LogP contribution >= 0.6 is 0 Å². The summed E-state index contributed by atoms with van der Waals surface area (Å²) in [5.41, 5.74) is 1.10. The van der Waals surface area contributed by atoms with E-state index in [0.717, 1.165) is 12.0 Å². The standard InChI is InChI=1S/C14H20BNO4/c1-15(18)16-9-11(5-7-14(16)17)10-4-6-12(19-2)13(8-10)20-3/h4,6,8,11,18H,5,7,9H2,1-3H3/t11-/m1/s1. The van der Waals surface area contributed by atoms with Gasteiger partial charge in [0.1, 0.15) is 0 Å². The molecule has 0 radical (unpaired) electrons. The van der Waals surface area contributed by atoms with Crippen molar-refractivity contribution in [2.45, 2.75) is 25.6 Å². The molecule has 1 aliphatic heterocycles. The normalized spacial score (nSPS) is 18.9. The second kappa shape index (κ2) is 6.18. The molecule has 1 heterocycles. The van der Waals surface area contributed by atoms with Gasteiger partial charge in [-0.2, -0.15) is 0 Å². The van der Waals surface area contributed by atoms with Crippen molar-refractivity contribution in [2.24, 2.45) is 0 Å². The Morgan fingerprint density at radius 2 is 2.00 bits per heavy atom. The number of carbonyl (C=O) groups is 1. The van der Waals surface area contributed by atoms with Gasteiger partial charge in [-0.1, -0.05) is 6.07 Å². The zero-order valence-corrected chi connectivity index (χ0v) is 12.1. The van der Waals surface area contributed by atoms with Gasteiger partial charge in [-0.05, 0) is 30.9 Å². The molecule has 2 rings (SSSR count). The van der Waals surface area contributed by atoms with Gasteiger partial charge in [-0.25, -0.2) is 0 Å². The minimum absolute atomic E-state index is 0.0109. The largest absolute Gasteiger partial charge is 0.493 e. The quantitative estimate of drug-likeness (QED) is 0.848. The maximum absolute atomic E-state index is 11.8. The highest BCUT2D eigenvalue weighted by Crippen LogP contribution is 2.34. The third kappa shape index (κ3) is 2.90. The first-order chi connectivity index (χ1) is 9.56. The van der Waals surface area contributed by atoms with Gasteiger partial charge in [-0.15, -0.1) is 0 Å². The fourth-order valence-electron chi connectivity index (χ4n) is 2.61. The third-order valence-corrected chi connectivity index (χ3v) is 3.77. The number of carbonyl (C=O) groups excluding carboxylic acids is 1. The van der Waals surface area contributed by atoms with E-state index >= 15 is 0 Å². The number of hydrogen-bond donors (Lipinski definition) is 1. The molecule has 6 heteroatoms. The van der Waals surface area contributed by atoms with E-state index in [1.807, 2.05) is 18.2 Å². The number of ether oxygens (including phenoxy) is 2. The summed E-state index contributed by atoms with van der Waals surface area (Å²) in [7, 11) is 2.46. The molecule has 20 heavy (non-hydrogen) atoms. The summed E-state index contributed by atoms with van der Waals surface area (Å²) in [6.07, 6.45) is 1.25. The molecule has 1 aromatic carbocycles. The van der Waals surface area contributed by atoms with Gasteiger partial charge >= 0.3 is 7.05 Å². The van der Waals surface area contributed by atoms with E-state index in [1.54, 1.807) is 21.0 Å². The molecular formula is C14H20BNO4. The highest BCUT2D eigenvalue weighted by molar-refractivity contribution is 6.49. The lowest BCUT2D eigenvalue weighted by molar-refractivity contribution is -0.129. The van der Waals surface area contributed by atoms with Gasteiger partial charge < -0.3 is 19.3 Å². The van der Waals surface area contributed by atoms with E-state index in [4.69, 9.17) is 9.47 Å². The lowest BCUT2D eigenvalue weighted by Crippen LogP contribution is -2.47. The molecule has 0 aromatic heterocycles. The number of hydrogen-bond acceptors (Lipinski definition) is 4. The lowest BCUT2D eigenvalue weighted by atomic mass is 9.79. The Labute approximate surface area is 119 Å². The second-order valence-electron chi connectivity index (χ2n) is 5.03.